The van der Waals surface area contributed by atoms with Crippen molar-refractivity contribution in [1.29, 1.82) is 0 Å². The van der Waals surface area contributed by atoms with Gasteiger partial charge in [-0.15, -0.1) is 0 Å². The summed E-state index contributed by atoms with van der Waals surface area (Å²) in [5, 5.41) is 13.5. The molecular weight excluding hydrogens is 490 g/mol. The summed E-state index contributed by atoms with van der Waals surface area (Å²) in [4.78, 5) is 29.3. The van der Waals surface area contributed by atoms with Crippen molar-refractivity contribution in [2.45, 2.75) is 44.7 Å². The lowest BCUT2D eigenvalue weighted by Crippen LogP contribution is -2.26. The van der Waals surface area contributed by atoms with E-state index in [0.29, 0.717) is 23.4 Å². The highest BCUT2D eigenvalue weighted by molar-refractivity contribution is 5.93. The van der Waals surface area contributed by atoms with Gasteiger partial charge in [-0.2, -0.15) is 15.1 Å². The summed E-state index contributed by atoms with van der Waals surface area (Å²) >= 11 is 0. The van der Waals surface area contributed by atoms with Gasteiger partial charge in [0.2, 0.25) is 11.9 Å². The first-order valence-corrected chi connectivity index (χ1v) is 13.4. The number of aromatic nitrogens is 6. The molecule has 39 heavy (non-hydrogen) atoms. The Morgan fingerprint density at radius 1 is 1.05 bits per heavy atom. The van der Waals surface area contributed by atoms with Gasteiger partial charge in [-0.05, 0) is 61.9 Å². The van der Waals surface area contributed by atoms with Gasteiger partial charge in [0.05, 0.1) is 11.7 Å². The lowest BCUT2D eigenvalue weighted by molar-refractivity contribution is 0.0946. The number of hydrogen-bond donors (Lipinski definition) is 3. The highest BCUT2D eigenvalue weighted by atomic mass is 16.2. The van der Waals surface area contributed by atoms with Gasteiger partial charge in [0.15, 0.2) is 5.82 Å². The average molecular weight is 520 g/mol. The van der Waals surface area contributed by atoms with Crippen molar-refractivity contribution in [3.05, 3.63) is 83.9 Å². The molecule has 1 saturated carbocycles. The number of nitrogens with one attached hydrogen (secondary N) is 3. The van der Waals surface area contributed by atoms with Crippen LogP contribution in [-0.2, 0) is 0 Å². The van der Waals surface area contributed by atoms with Crippen LogP contribution in [-0.4, -0.2) is 48.0 Å². The highest BCUT2D eigenvalue weighted by Crippen LogP contribution is 2.35. The average Bonchev–Trinajstić information content (AvgIpc) is 3.34. The van der Waals surface area contributed by atoms with Crippen molar-refractivity contribution in [3.8, 4) is 11.1 Å². The molecule has 1 atom stereocenters. The molecule has 196 valence electrons. The van der Waals surface area contributed by atoms with E-state index < -0.39 is 0 Å². The van der Waals surface area contributed by atoms with Gasteiger partial charge in [0, 0.05) is 36.6 Å². The van der Waals surface area contributed by atoms with Crippen LogP contribution in [0.4, 0.5) is 17.7 Å². The maximum atomic E-state index is 12.5. The Labute approximate surface area is 225 Å². The van der Waals surface area contributed by atoms with E-state index in [0.717, 1.165) is 54.7 Å². The molecule has 7 rings (SSSR count). The van der Waals surface area contributed by atoms with Gasteiger partial charge in [-0.25, -0.2) is 0 Å². The summed E-state index contributed by atoms with van der Waals surface area (Å²) in [5.41, 5.74) is 5.58. The molecule has 1 unspecified atom stereocenters. The monoisotopic (exact) mass is 519 g/mol. The number of benzene rings is 1. The molecule has 1 aromatic carbocycles. The quantitative estimate of drug-likeness (QED) is 0.283. The number of amides is 1. The van der Waals surface area contributed by atoms with Crippen molar-refractivity contribution >= 4 is 29.3 Å². The SMILES string of the molecule is Cc1ccccc1-c1cc2nc(N3CCCC3c3ccccn3)nc(Nc3cc(C(=O)NC4CC4)[nH]n3)n2c1. The number of nitrogens with zero attached hydrogens (tertiary/aromatic N) is 6. The third-order valence-corrected chi connectivity index (χ3v) is 7.42. The smallest absolute Gasteiger partial charge is 0.269 e. The molecule has 4 aromatic heterocycles. The van der Waals surface area contributed by atoms with Crippen LogP contribution in [0.1, 0.15) is 53.5 Å². The normalized spacial score (nSPS) is 17.1. The Hall–Kier alpha value is -4.73. The van der Waals surface area contributed by atoms with Crippen LogP contribution in [0.15, 0.2) is 67.0 Å². The number of anilines is 3. The number of H-pyrrole nitrogens is 1. The highest BCUT2D eigenvalue weighted by Gasteiger charge is 2.30. The Balaban J connectivity index is 1.29. The predicted octanol–water partition coefficient (Wildman–Crippen LogP) is 4.80. The minimum atomic E-state index is -0.148. The van der Waals surface area contributed by atoms with Crippen molar-refractivity contribution in [3.63, 3.8) is 0 Å². The molecule has 10 heteroatoms. The van der Waals surface area contributed by atoms with Gasteiger partial charge in [0.25, 0.3) is 5.91 Å². The van der Waals surface area contributed by atoms with E-state index in [9.17, 15) is 4.79 Å². The van der Waals surface area contributed by atoms with Crippen LogP contribution in [0.2, 0.25) is 0 Å². The second kappa shape index (κ2) is 9.54. The zero-order valence-corrected chi connectivity index (χ0v) is 21.6. The largest absolute Gasteiger partial charge is 0.348 e. The van der Waals surface area contributed by atoms with Crippen molar-refractivity contribution in [2.24, 2.45) is 0 Å². The summed E-state index contributed by atoms with van der Waals surface area (Å²) in [5.74, 6) is 1.57. The zero-order valence-electron chi connectivity index (χ0n) is 21.6. The van der Waals surface area contributed by atoms with E-state index in [1.807, 2.05) is 41.1 Å². The second-order valence-corrected chi connectivity index (χ2v) is 10.3. The van der Waals surface area contributed by atoms with Gasteiger partial charge >= 0.3 is 0 Å². The molecule has 5 heterocycles. The molecule has 1 amide bonds. The fourth-order valence-electron chi connectivity index (χ4n) is 5.24. The Morgan fingerprint density at radius 3 is 2.74 bits per heavy atom. The molecule has 3 N–H and O–H groups in total. The minimum absolute atomic E-state index is 0.107. The summed E-state index contributed by atoms with van der Waals surface area (Å²) < 4.78 is 1.94. The maximum absolute atomic E-state index is 12.5. The number of fused-ring (bicyclic) bond motifs is 1. The van der Waals surface area contributed by atoms with Crippen molar-refractivity contribution < 1.29 is 4.79 Å². The zero-order chi connectivity index (χ0) is 26.3. The molecule has 1 aliphatic heterocycles. The molecule has 1 saturated heterocycles. The van der Waals surface area contributed by atoms with E-state index >= 15 is 0 Å². The number of rotatable bonds is 7. The standard InChI is InChI=1S/C29H29N9O/c1-18-7-2-3-8-21(18)19-15-26-33-29(37-14-6-10-24(37)22-9-4-5-13-30-22)34-28(38(26)17-19)32-25-16-23(35-36-25)27(39)31-20-11-12-20/h2-5,7-9,13,15-17,20,24H,6,10-12,14H2,1H3,(H,31,39)(H2,32,33,34,35,36). The summed E-state index contributed by atoms with van der Waals surface area (Å²) in [6.45, 7) is 2.95. The van der Waals surface area contributed by atoms with Gasteiger partial charge < -0.3 is 15.5 Å². The fraction of sp³-hybridized carbons (Fsp3) is 0.276. The van der Waals surface area contributed by atoms with Gasteiger partial charge in [0.1, 0.15) is 11.3 Å². The molecule has 0 bridgehead atoms. The van der Waals surface area contributed by atoms with Gasteiger partial charge in [-0.3, -0.25) is 19.3 Å². The van der Waals surface area contributed by atoms with Crippen LogP contribution in [0.5, 0.6) is 0 Å². The number of aryl methyl sites for hydroxylation is 1. The van der Waals surface area contributed by atoms with E-state index in [1.165, 1.54) is 5.56 Å². The lowest BCUT2D eigenvalue weighted by Gasteiger charge is -2.24. The van der Waals surface area contributed by atoms with E-state index in [2.05, 4.69) is 61.9 Å². The molecule has 2 aliphatic rings. The number of pyridine rings is 1. The fourth-order valence-corrected chi connectivity index (χ4v) is 5.24. The van der Waals surface area contributed by atoms with Crippen LogP contribution in [0.25, 0.3) is 16.8 Å². The molecular formula is C29H29N9O. The minimum Gasteiger partial charge on any atom is -0.348 e. The molecule has 0 spiro atoms. The van der Waals surface area contributed by atoms with E-state index in [-0.39, 0.29) is 18.0 Å². The Kier molecular flexibility index (Phi) is 5.72. The van der Waals surface area contributed by atoms with Crippen LogP contribution in [0.3, 0.4) is 0 Å². The first-order chi connectivity index (χ1) is 19.1. The Bertz CT molecular complexity index is 1650. The Morgan fingerprint density at radius 2 is 1.92 bits per heavy atom. The molecule has 1 aliphatic carbocycles. The lowest BCUT2D eigenvalue weighted by atomic mass is 10.0. The van der Waals surface area contributed by atoms with Crippen molar-refractivity contribution in [1.82, 2.24) is 34.9 Å². The summed E-state index contributed by atoms with van der Waals surface area (Å²) in [6, 6.07) is 18.5. The predicted molar refractivity (Wildman–Crippen MR) is 149 cm³/mol. The number of carbonyl (C=O) groups is 1. The molecule has 10 nitrogen and oxygen atoms in total. The number of aromatic amines is 1. The van der Waals surface area contributed by atoms with Crippen LogP contribution in [0, 0.1) is 6.92 Å². The van der Waals surface area contributed by atoms with Crippen LogP contribution >= 0.6 is 0 Å². The molecule has 2 fully saturated rings. The van der Waals surface area contributed by atoms with Crippen LogP contribution < -0.4 is 15.5 Å². The van der Waals surface area contributed by atoms with Crippen molar-refractivity contribution in [2.75, 3.05) is 16.8 Å². The first kappa shape index (κ1) is 23.4. The topological polar surface area (TPSA) is 116 Å². The maximum Gasteiger partial charge on any atom is 0.269 e. The third kappa shape index (κ3) is 4.58. The summed E-state index contributed by atoms with van der Waals surface area (Å²) in [6.07, 6.45) is 7.95. The molecule has 0 radical (unpaired) electrons. The van der Waals surface area contributed by atoms with E-state index in [4.69, 9.17) is 9.97 Å². The van der Waals surface area contributed by atoms with Gasteiger partial charge in [-0.1, -0.05) is 30.3 Å². The molecule has 5 aromatic rings. The third-order valence-electron chi connectivity index (χ3n) is 7.42. The van der Waals surface area contributed by atoms with E-state index in [1.54, 1.807) is 6.07 Å². The first-order valence-electron chi connectivity index (χ1n) is 13.4. The number of hydrogen-bond acceptors (Lipinski definition) is 7. The number of carbonyl (C=O) groups excluding carboxylic acids is 1. The summed E-state index contributed by atoms with van der Waals surface area (Å²) in [7, 11) is 0. The second-order valence-electron chi connectivity index (χ2n) is 10.3.